The number of benzene rings is 1. The van der Waals surface area contributed by atoms with Gasteiger partial charge in [0.25, 0.3) is 5.56 Å². The molecule has 2 aromatic heterocycles. The minimum atomic E-state index is -4.69. The molecule has 0 fully saturated rings. The van der Waals surface area contributed by atoms with E-state index in [4.69, 9.17) is 16.3 Å². The quantitative estimate of drug-likeness (QED) is 0.664. The lowest BCUT2D eigenvalue weighted by Crippen LogP contribution is -2.36. The molecule has 1 aliphatic heterocycles. The van der Waals surface area contributed by atoms with Crippen LogP contribution < -0.4 is 10.3 Å². The predicted molar refractivity (Wildman–Crippen MR) is 103 cm³/mol. The maximum absolute atomic E-state index is 12.9. The zero-order valence-corrected chi connectivity index (χ0v) is 16.3. The molecule has 4 rings (SSSR count). The van der Waals surface area contributed by atoms with Gasteiger partial charge >= 0.3 is 6.18 Å². The molecule has 0 atom stereocenters. The molecule has 0 amide bonds. The summed E-state index contributed by atoms with van der Waals surface area (Å²) in [6, 6.07) is 10.5. The van der Waals surface area contributed by atoms with Crippen LogP contribution in [0.15, 0.2) is 47.4 Å². The Hall–Kier alpha value is -2.91. The molecule has 0 radical (unpaired) electrons. The van der Waals surface area contributed by atoms with Crippen molar-refractivity contribution < 1.29 is 17.9 Å². The molecule has 0 saturated carbocycles. The number of aromatic amines is 1. The minimum absolute atomic E-state index is 0.186. The fourth-order valence-electron chi connectivity index (χ4n) is 3.24. The van der Waals surface area contributed by atoms with Crippen molar-refractivity contribution in [2.45, 2.75) is 25.7 Å². The van der Waals surface area contributed by atoms with E-state index in [0.717, 1.165) is 5.56 Å². The first kappa shape index (κ1) is 20.4. The summed E-state index contributed by atoms with van der Waals surface area (Å²) in [7, 11) is 0. The smallest absolute Gasteiger partial charge is 0.439 e. The lowest BCUT2D eigenvalue weighted by molar-refractivity contribution is -0.145. The van der Waals surface area contributed by atoms with Gasteiger partial charge in [0.15, 0.2) is 0 Å². The predicted octanol–water partition coefficient (Wildman–Crippen LogP) is 4.19. The van der Waals surface area contributed by atoms with Crippen molar-refractivity contribution >= 4 is 11.6 Å². The van der Waals surface area contributed by atoms with Crippen molar-refractivity contribution in [3.63, 3.8) is 0 Å². The van der Waals surface area contributed by atoms with Gasteiger partial charge in [-0.25, -0.2) is 9.97 Å². The van der Waals surface area contributed by atoms with E-state index >= 15 is 0 Å². The van der Waals surface area contributed by atoms with Gasteiger partial charge in [0, 0.05) is 42.8 Å². The van der Waals surface area contributed by atoms with E-state index in [1.165, 1.54) is 0 Å². The molecular formula is C20H16ClF3N4O2. The Labute approximate surface area is 174 Å². The molecule has 3 aromatic rings. The monoisotopic (exact) mass is 436 g/mol. The van der Waals surface area contributed by atoms with Crippen LogP contribution in [0.1, 0.15) is 22.6 Å². The van der Waals surface area contributed by atoms with Gasteiger partial charge in [0.2, 0.25) is 11.7 Å². The van der Waals surface area contributed by atoms with Crippen molar-refractivity contribution in [2.75, 3.05) is 6.54 Å². The highest BCUT2D eigenvalue weighted by molar-refractivity contribution is 6.30. The standard InChI is InChI=1S/C20H16ClF3N4O2/c21-13-3-5-14(6-4-13)30-18-12(2-1-8-25-18)10-28-9-7-16-15(11-28)17(29)27-19(26-16)20(22,23)24/h1-6,8H,7,9-11H2,(H,26,27,29). The molecule has 1 aliphatic rings. The number of ether oxygens (including phenoxy) is 1. The summed E-state index contributed by atoms with van der Waals surface area (Å²) in [5, 5.41) is 0.586. The van der Waals surface area contributed by atoms with Gasteiger partial charge in [0.1, 0.15) is 5.75 Å². The molecule has 3 heterocycles. The number of aromatic nitrogens is 3. The third-order valence-corrected chi connectivity index (χ3v) is 4.94. The van der Waals surface area contributed by atoms with E-state index in [1.54, 1.807) is 36.5 Å². The number of H-pyrrole nitrogens is 1. The lowest BCUT2D eigenvalue weighted by Gasteiger charge is -2.28. The van der Waals surface area contributed by atoms with Gasteiger partial charge in [0.05, 0.1) is 11.3 Å². The molecule has 1 N–H and O–H groups in total. The average molecular weight is 437 g/mol. The fourth-order valence-corrected chi connectivity index (χ4v) is 3.37. The molecule has 10 heteroatoms. The number of halogens is 4. The van der Waals surface area contributed by atoms with Gasteiger partial charge in [-0.05, 0) is 30.3 Å². The summed E-state index contributed by atoms with van der Waals surface area (Å²) in [5.41, 5.74) is 0.456. The van der Waals surface area contributed by atoms with Crippen LogP contribution >= 0.6 is 11.6 Å². The zero-order valence-electron chi connectivity index (χ0n) is 15.5. The Morgan fingerprint density at radius 3 is 2.70 bits per heavy atom. The summed E-state index contributed by atoms with van der Waals surface area (Å²) >= 11 is 5.89. The maximum atomic E-state index is 12.9. The van der Waals surface area contributed by atoms with Gasteiger partial charge in [-0.3, -0.25) is 9.69 Å². The molecule has 0 saturated heterocycles. The van der Waals surface area contributed by atoms with Crippen LogP contribution in [0.4, 0.5) is 13.2 Å². The Morgan fingerprint density at radius 1 is 1.20 bits per heavy atom. The van der Waals surface area contributed by atoms with Crippen molar-refractivity contribution in [3.8, 4) is 11.6 Å². The van der Waals surface area contributed by atoms with E-state index < -0.39 is 17.6 Å². The number of pyridine rings is 1. The van der Waals surface area contributed by atoms with E-state index in [0.29, 0.717) is 29.7 Å². The van der Waals surface area contributed by atoms with Crippen LogP contribution in [0, 0.1) is 0 Å². The fraction of sp³-hybridized carbons (Fsp3) is 0.250. The van der Waals surface area contributed by atoms with Gasteiger partial charge in [-0.1, -0.05) is 17.7 Å². The lowest BCUT2D eigenvalue weighted by atomic mass is 10.1. The van der Waals surface area contributed by atoms with E-state index in [2.05, 4.69) is 9.97 Å². The average Bonchev–Trinajstić information content (AvgIpc) is 2.71. The largest absolute Gasteiger partial charge is 0.449 e. The van der Waals surface area contributed by atoms with Crippen LogP contribution in [0.3, 0.4) is 0 Å². The Balaban J connectivity index is 1.53. The second kappa shape index (κ2) is 8.08. The Bertz CT molecular complexity index is 1120. The third-order valence-electron chi connectivity index (χ3n) is 4.69. The van der Waals surface area contributed by atoms with Crippen LogP contribution in [0.2, 0.25) is 5.02 Å². The van der Waals surface area contributed by atoms with Crippen LogP contribution in [0.5, 0.6) is 11.6 Å². The first-order valence-corrected chi connectivity index (χ1v) is 9.46. The molecule has 0 spiro atoms. The second-order valence-electron chi connectivity index (χ2n) is 6.82. The molecule has 0 bridgehead atoms. The number of nitrogens with zero attached hydrogens (tertiary/aromatic N) is 3. The third kappa shape index (κ3) is 4.47. The molecule has 0 aliphatic carbocycles. The zero-order chi connectivity index (χ0) is 21.3. The summed E-state index contributed by atoms with van der Waals surface area (Å²) in [4.78, 5) is 23.9. The highest BCUT2D eigenvalue weighted by Crippen LogP contribution is 2.28. The van der Waals surface area contributed by atoms with Crippen LogP contribution in [0.25, 0.3) is 0 Å². The molecular weight excluding hydrogens is 421 g/mol. The maximum Gasteiger partial charge on any atom is 0.449 e. The summed E-state index contributed by atoms with van der Waals surface area (Å²) in [6.45, 7) is 1.05. The van der Waals surface area contributed by atoms with Crippen LogP contribution in [-0.2, 0) is 25.7 Å². The summed E-state index contributed by atoms with van der Waals surface area (Å²) < 4.78 is 44.5. The summed E-state index contributed by atoms with van der Waals surface area (Å²) in [6.07, 6.45) is -2.83. The SMILES string of the molecule is O=c1[nH]c(C(F)(F)F)nc2c1CN(Cc1cccnc1Oc1ccc(Cl)cc1)CC2. The Morgan fingerprint density at radius 2 is 1.97 bits per heavy atom. The van der Waals surface area contributed by atoms with E-state index in [-0.39, 0.29) is 24.2 Å². The highest BCUT2D eigenvalue weighted by atomic mass is 35.5. The highest BCUT2D eigenvalue weighted by Gasteiger charge is 2.36. The van der Waals surface area contributed by atoms with Crippen molar-refractivity contribution in [3.05, 3.63) is 80.6 Å². The molecule has 0 unspecified atom stereocenters. The number of hydrogen-bond donors (Lipinski definition) is 1. The second-order valence-corrected chi connectivity index (χ2v) is 7.26. The molecule has 6 nitrogen and oxygen atoms in total. The normalized spacial score (nSPS) is 14.4. The first-order chi connectivity index (χ1) is 14.3. The van der Waals surface area contributed by atoms with Gasteiger partial charge < -0.3 is 9.72 Å². The number of alkyl halides is 3. The van der Waals surface area contributed by atoms with Crippen molar-refractivity contribution in [1.29, 1.82) is 0 Å². The molecule has 30 heavy (non-hydrogen) atoms. The van der Waals surface area contributed by atoms with E-state index in [9.17, 15) is 18.0 Å². The molecule has 1 aromatic carbocycles. The Kier molecular flexibility index (Phi) is 5.48. The van der Waals surface area contributed by atoms with Gasteiger partial charge in [-0.2, -0.15) is 13.2 Å². The summed E-state index contributed by atoms with van der Waals surface area (Å²) in [5.74, 6) is -0.278. The van der Waals surface area contributed by atoms with Crippen LogP contribution in [-0.4, -0.2) is 26.4 Å². The first-order valence-electron chi connectivity index (χ1n) is 9.08. The van der Waals surface area contributed by atoms with Gasteiger partial charge in [-0.15, -0.1) is 0 Å². The number of fused-ring (bicyclic) bond motifs is 1. The number of hydrogen-bond acceptors (Lipinski definition) is 5. The van der Waals surface area contributed by atoms with Crippen molar-refractivity contribution in [2.24, 2.45) is 0 Å². The number of rotatable bonds is 4. The topological polar surface area (TPSA) is 71.1 Å². The van der Waals surface area contributed by atoms with E-state index in [1.807, 2.05) is 16.0 Å². The minimum Gasteiger partial charge on any atom is -0.439 e. The molecule has 156 valence electrons. The van der Waals surface area contributed by atoms with Crippen molar-refractivity contribution in [1.82, 2.24) is 19.9 Å². The number of nitrogens with one attached hydrogen (secondary N) is 1.